The van der Waals surface area contributed by atoms with Crippen molar-refractivity contribution in [3.63, 3.8) is 0 Å². The molecule has 0 aliphatic rings. The molecule has 0 fully saturated rings. The maximum absolute atomic E-state index is 12.5. The van der Waals surface area contributed by atoms with Gasteiger partial charge in [-0.2, -0.15) is 26.3 Å². The van der Waals surface area contributed by atoms with Gasteiger partial charge in [0, 0.05) is 37.4 Å². The van der Waals surface area contributed by atoms with Crippen molar-refractivity contribution < 1.29 is 26.3 Å². The van der Waals surface area contributed by atoms with Crippen molar-refractivity contribution in [2.75, 3.05) is 0 Å². The molecule has 0 spiro atoms. The highest BCUT2D eigenvalue weighted by atomic mass is 19.4. The van der Waals surface area contributed by atoms with Crippen molar-refractivity contribution in [2.45, 2.75) is 12.4 Å². The number of rotatable bonds is 2. The fraction of sp³-hybridized carbons (Fsp3) is 0.182. The third-order valence-electron chi connectivity index (χ3n) is 4.77. The SMILES string of the molecule is Cn1[nH]c(-c2cccc(C(F)(F)F)c2)cc1=O.Cn1[nH]c(-c2cccc(C(F)(F)F)c2)cc1=O. The van der Waals surface area contributed by atoms with Crippen LogP contribution < -0.4 is 11.1 Å². The standard InChI is InChI=1S/2C11H9F3N2O/c2*1-16-10(17)6-9(15-16)7-3-2-4-8(5-7)11(12,13)14/h2*2-6,15H,1H3. The fourth-order valence-corrected chi connectivity index (χ4v) is 3.00. The number of hydrogen-bond donors (Lipinski definition) is 2. The summed E-state index contributed by atoms with van der Waals surface area (Å²) in [5, 5.41) is 5.35. The molecule has 4 aromatic rings. The monoisotopic (exact) mass is 484 g/mol. The fourth-order valence-electron chi connectivity index (χ4n) is 3.00. The molecular formula is C22H18F6N4O2. The highest BCUT2D eigenvalue weighted by Crippen LogP contribution is 2.32. The molecule has 0 atom stereocenters. The van der Waals surface area contributed by atoms with Gasteiger partial charge in [-0.25, -0.2) is 0 Å². The van der Waals surface area contributed by atoms with Gasteiger partial charge in [0.05, 0.1) is 22.5 Å². The number of aryl methyl sites for hydroxylation is 2. The van der Waals surface area contributed by atoms with Crippen molar-refractivity contribution in [1.29, 1.82) is 0 Å². The molecule has 34 heavy (non-hydrogen) atoms. The number of H-pyrrole nitrogens is 2. The maximum atomic E-state index is 12.5. The first-order chi connectivity index (χ1) is 15.8. The van der Waals surface area contributed by atoms with Crippen LogP contribution in [0.5, 0.6) is 0 Å². The molecule has 0 amide bonds. The van der Waals surface area contributed by atoms with Gasteiger partial charge < -0.3 is 0 Å². The molecule has 2 aromatic carbocycles. The number of hydrogen-bond acceptors (Lipinski definition) is 2. The molecule has 0 saturated carbocycles. The van der Waals surface area contributed by atoms with Crippen molar-refractivity contribution in [2.24, 2.45) is 14.1 Å². The second-order valence-electron chi connectivity index (χ2n) is 7.29. The van der Waals surface area contributed by atoms with E-state index in [9.17, 15) is 35.9 Å². The number of aromatic nitrogens is 4. The van der Waals surface area contributed by atoms with E-state index in [2.05, 4.69) is 10.2 Å². The van der Waals surface area contributed by atoms with Crippen molar-refractivity contribution >= 4 is 0 Å². The molecule has 6 nitrogen and oxygen atoms in total. The maximum Gasteiger partial charge on any atom is 0.416 e. The summed E-state index contributed by atoms with van der Waals surface area (Å²) >= 11 is 0. The molecular weight excluding hydrogens is 466 g/mol. The van der Waals surface area contributed by atoms with Crippen LogP contribution in [0, 0.1) is 0 Å². The molecule has 2 heterocycles. The van der Waals surface area contributed by atoms with E-state index in [0.717, 1.165) is 24.3 Å². The van der Waals surface area contributed by atoms with Crippen LogP contribution in [0.2, 0.25) is 0 Å². The minimum atomic E-state index is -4.38. The van der Waals surface area contributed by atoms with Crippen LogP contribution in [-0.4, -0.2) is 19.6 Å². The molecule has 2 aromatic heterocycles. The molecule has 0 unspecified atom stereocenters. The van der Waals surface area contributed by atoms with E-state index in [0.29, 0.717) is 22.5 Å². The number of nitrogens with one attached hydrogen (secondary N) is 2. The second kappa shape index (κ2) is 9.12. The Kier molecular flexibility index (Phi) is 6.62. The summed E-state index contributed by atoms with van der Waals surface area (Å²) in [4.78, 5) is 22.4. The zero-order chi connectivity index (χ0) is 25.3. The third-order valence-corrected chi connectivity index (χ3v) is 4.77. The Morgan fingerprint density at radius 2 is 0.971 bits per heavy atom. The van der Waals surface area contributed by atoms with Crippen molar-refractivity contribution in [3.05, 3.63) is 92.5 Å². The number of alkyl halides is 6. The van der Waals surface area contributed by atoms with E-state index in [4.69, 9.17) is 0 Å². The van der Waals surface area contributed by atoms with Crippen LogP contribution >= 0.6 is 0 Å². The molecule has 0 aliphatic carbocycles. The molecule has 0 saturated heterocycles. The van der Waals surface area contributed by atoms with Gasteiger partial charge in [0.15, 0.2) is 0 Å². The summed E-state index contributed by atoms with van der Waals surface area (Å²) in [5.41, 5.74) is -0.670. The average molecular weight is 484 g/mol. The summed E-state index contributed by atoms with van der Waals surface area (Å²) < 4.78 is 77.4. The molecule has 0 radical (unpaired) electrons. The Morgan fingerprint density at radius 1 is 0.618 bits per heavy atom. The number of halogens is 6. The van der Waals surface area contributed by atoms with E-state index in [1.807, 2.05) is 0 Å². The first-order valence-electron chi connectivity index (χ1n) is 9.63. The third kappa shape index (κ3) is 5.69. The molecule has 0 aliphatic heterocycles. The lowest BCUT2D eigenvalue weighted by atomic mass is 10.1. The van der Waals surface area contributed by atoms with E-state index in [1.54, 1.807) is 0 Å². The molecule has 12 heteroatoms. The minimum Gasteiger partial charge on any atom is -0.295 e. The first-order valence-corrected chi connectivity index (χ1v) is 9.63. The zero-order valence-corrected chi connectivity index (χ0v) is 17.8. The van der Waals surface area contributed by atoms with Crippen molar-refractivity contribution in [3.8, 4) is 22.5 Å². The predicted molar refractivity (Wildman–Crippen MR) is 113 cm³/mol. The Bertz CT molecular complexity index is 1300. The van der Waals surface area contributed by atoms with Crippen LogP contribution in [0.4, 0.5) is 26.3 Å². The summed E-state index contributed by atoms with van der Waals surface area (Å²) in [6.45, 7) is 0. The highest BCUT2D eigenvalue weighted by Gasteiger charge is 2.31. The van der Waals surface area contributed by atoms with Gasteiger partial charge in [-0.05, 0) is 24.3 Å². The molecule has 4 rings (SSSR count). The van der Waals surface area contributed by atoms with Gasteiger partial charge in [-0.15, -0.1) is 0 Å². The lowest BCUT2D eigenvalue weighted by Gasteiger charge is -2.07. The molecule has 2 N–H and O–H groups in total. The van der Waals surface area contributed by atoms with Crippen LogP contribution in [0.1, 0.15) is 11.1 Å². The smallest absolute Gasteiger partial charge is 0.295 e. The van der Waals surface area contributed by atoms with E-state index in [1.165, 1.54) is 59.9 Å². The number of aromatic amines is 2. The van der Waals surface area contributed by atoms with Gasteiger partial charge >= 0.3 is 12.4 Å². The zero-order valence-electron chi connectivity index (χ0n) is 17.8. The summed E-state index contributed by atoms with van der Waals surface area (Å²) in [5.74, 6) is 0. The highest BCUT2D eigenvalue weighted by molar-refractivity contribution is 5.60. The van der Waals surface area contributed by atoms with E-state index >= 15 is 0 Å². The van der Waals surface area contributed by atoms with E-state index < -0.39 is 23.5 Å². The normalized spacial score (nSPS) is 11.8. The number of benzene rings is 2. The largest absolute Gasteiger partial charge is 0.416 e. The van der Waals surface area contributed by atoms with Gasteiger partial charge in [0.1, 0.15) is 0 Å². The predicted octanol–water partition coefficient (Wildman–Crippen LogP) is 4.80. The van der Waals surface area contributed by atoms with Gasteiger partial charge in [0.2, 0.25) is 0 Å². The summed E-state index contributed by atoms with van der Waals surface area (Å²) in [6.07, 6.45) is -8.77. The van der Waals surface area contributed by atoms with Crippen molar-refractivity contribution in [1.82, 2.24) is 19.6 Å². The Labute approximate surface area is 188 Å². The molecule has 0 bridgehead atoms. The van der Waals surface area contributed by atoms with Gasteiger partial charge in [-0.3, -0.25) is 29.2 Å². The first kappa shape index (κ1) is 24.7. The lowest BCUT2D eigenvalue weighted by Crippen LogP contribution is -2.09. The van der Waals surface area contributed by atoms with Crippen LogP contribution in [-0.2, 0) is 26.4 Å². The Morgan fingerprint density at radius 3 is 1.24 bits per heavy atom. The van der Waals surface area contributed by atoms with Crippen LogP contribution in [0.3, 0.4) is 0 Å². The number of nitrogens with zero attached hydrogens (tertiary/aromatic N) is 2. The van der Waals surface area contributed by atoms with Gasteiger partial charge in [0.25, 0.3) is 11.1 Å². The van der Waals surface area contributed by atoms with E-state index in [-0.39, 0.29) is 11.1 Å². The summed E-state index contributed by atoms with van der Waals surface area (Å²) in [6, 6.07) is 12.2. The topological polar surface area (TPSA) is 75.6 Å². The van der Waals surface area contributed by atoms with Crippen LogP contribution in [0.15, 0.2) is 70.3 Å². The average Bonchev–Trinajstić information content (AvgIpc) is 3.28. The second-order valence-corrected chi connectivity index (χ2v) is 7.29. The quantitative estimate of drug-likeness (QED) is 0.401. The molecule has 180 valence electrons. The van der Waals surface area contributed by atoms with Crippen LogP contribution in [0.25, 0.3) is 22.5 Å². The summed E-state index contributed by atoms with van der Waals surface area (Å²) in [7, 11) is 3.00. The minimum absolute atomic E-state index is 0.294. The van der Waals surface area contributed by atoms with Gasteiger partial charge in [-0.1, -0.05) is 24.3 Å². The lowest BCUT2D eigenvalue weighted by molar-refractivity contribution is -0.138. The Hall–Kier alpha value is -3.96. The Balaban J connectivity index is 0.000000191.